The first-order valence-electron chi connectivity index (χ1n) is 17.7. The molecule has 260 valence electrons. The summed E-state index contributed by atoms with van der Waals surface area (Å²) >= 11 is 0. The topological polar surface area (TPSA) is 77.8 Å². The van der Waals surface area contributed by atoms with Gasteiger partial charge in [0.05, 0.1) is 0 Å². The van der Waals surface area contributed by atoms with Gasteiger partial charge in [0.1, 0.15) is 17.2 Å². The van der Waals surface area contributed by atoms with Crippen molar-refractivity contribution >= 4 is 5.78 Å². The van der Waals surface area contributed by atoms with Crippen LogP contribution >= 0.6 is 0 Å². The Morgan fingerprint density at radius 3 is 1.17 bits per heavy atom. The molecule has 1 unspecified atom stereocenters. The van der Waals surface area contributed by atoms with E-state index in [9.17, 15) is 20.1 Å². The van der Waals surface area contributed by atoms with Gasteiger partial charge in [-0.2, -0.15) is 0 Å². The van der Waals surface area contributed by atoms with Gasteiger partial charge in [0, 0.05) is 25.7 Å². The molecule has 6 bridgehead atoms. The Balaban J connectivity index is 2.07. The second-order valence-corrected chi connectivity index (χ2v) is 18.5. The highest BCUT2D eigenvalue weighted by molar-refractivity contribution is 5.96. The van der Waals surface area contributed by atoms with E-state index in [0.29, 0.717) is 31.3 Å². The van der Waals surface area contributed by atoms with E-state index in [4.69, 9.17) is 0 Å². The van der Waals surface area contributed by atoms with Crippen LogP contribution in [-0.4, -0.2) is 21.1 Å². The van der Waals surface area contributed by atoms with Crippen LogP contribution in [0.3, 0.4) is 0 Å². The van der Waals surface area contributed by atoms with Gasteiger partial charge in [-0.15, -0.1) is 0 Å². The fourth-order valence-electron chi connectivity index (χ4n) is 6.27. The summed E-state index contributed by atoms with van der Waals surface area (Å²) in [6.07, 6.45) is 3.70. The van der Waals surface area contributed by atoms with E-state index < -0.39 is 0 Å². The molecule has 0 aromatic heterocycles. The van der Waals surface area contributed by atoms with Crippen molar-refractivity contribution in [2.75, 3.05) is 0 Å². The lowest BCUT2D eigenvalue weighted by atomic mass is 9.78. The van der Waals surface area contributed by atoms with E-state index in [0.717, 1.165) is 50.1 Å². The van der Waals surface area contributed by atoms with Crippen LogP contribution in [0, 0.1) is 11.3 Å². The zero-order chi connectivity index (χ0) is 36.1. The largest absolute Gasteiger partial charge is 0.507 e. The Bertz CT molecular complexity index is 1730. The third-order valence-electron chi connectivity index (χ3n) is 10.3. The number of ketones is 1. The van der Waals surface area contributed by atoms with Gasteiger partial charge < -0.3 is 15.3 Å². The number of Topliss-reactive ketones (excluding diaryl/α,β-unsaturated/α-hetero) is 1. The average Bonchev–Trinajstić information content (AvgIpc) is 2.93. The van der Waals surface area contributed by atoms with Crippen LogP contribution in [0.25, 0.3) is 0 Å². The molecule has 4 rings (SSSR count). The smallest absolute Gasteiger partial charge is 0.159 e. The van der Waals surface area contributed by atoms with Gasteiger partial charge in [0.2, 0.25) is 0 Å². The minimum absolute atomic E-state index is 0.0279. The third-order valence-corrected chi connectivity index (χ3v) is 10.3. The molecular weight excluding hydrogens is 592 g/mol. The van der Waals surface area contributed by atoms with Crippen molar-refractivity contribution in [2.24, 2.45) is 11.3 Å². The summed E-state index contributed by atoms with van der Waals surface area (Å²) in [4.78, 5) is 14.2. The molecule has 0 saturated carbocycles. The van der Waals surface area contributed by atoms with E-state index in [1.54, 1.807) is 0 Å². The molecule has 48 heavy (non-hydrogen) atoms. The number of rotatable bonds is 1. The van der Waals surface area contributed by atoms with Crippen LogP contribution in [0.2, 0.25) is 0 Å². The summed E-state index contributed by atoms with van der Waals surface area (Å²) in [5, 5.41) is 35.5. The second-order valence-electron chi connectivity index (χ2n) is 18.5. The number of aromatic hydroxyl groups is 3. The zero-order valence-corrected chi connectivity index (χ0v) is 31.9. The Labute approximate surface area is 290 Å². The van der Waals surface area contributed by atoms with Crippen LogP contribution in [0.5, 0.6) is 17.2 Å². The molecule has 3 aromatic carbocycles. The molecule has 0 heterocycles. The Morgan fingerprint density at radius 2 is 0.833 bits per heavy atom. The fraction of sp³-hybridized carbons (Fsp3) is 0.523. The molecule has 0 fully saturated rings. The van der Waals surface area contributed by atoms with Crippen LogP contribution in [0.4, 0.5) is 0 Å². The maximum Gasteiger partial charge on any atom is 0.159 e. The van der Waals surface area contributed by atoms with Gasteiger partial charge in [0.25, 0.3) is 0 Å². The van der Waals surface area contributed by atoms with E-state index in [-0.39, 0.29) is 57.0 Å². The number of hydrogen-bond donors (Lipinski definition) is 3. The fourth-order valence-corrected chi connectivity index (χ4v) is 6.27. The van der Waals surface area contributed by atoms with Crippen LogP contribution < -0.4 is 0 Å². The number of aryl methyl sites for hydroxylation is 1. The lowest BCUT2D eigenvalue weighted by molar-refractivity contribution is -0.115. The summed E-state index contributed by atoms with van der Waals surface area (Å²) in [6, 6.07) is 12.3. The molecule has 4 heteroatoms. The monoisotopic (exact) mass is 652 g/mol. The summed E-state index contributed by atoms with van der Waals surface area (Å²) in [7, 11) is 0. The van der Waals surface area contributed by atoms with Crippen molar-refractivity contribution in [2.45, 2.75) is 138 Å². The number of benzene rings is 3. The van der Waals surface area contributed by atoms with Crippen LogP contribution in [0.1, 0.15) is 147 Å². The Kier molecular flexibility index (Phi) is 10.1. The van der Waals surface area contributed by atoms with Gasteiger partial charge >= 0.3 is 0 Å². The van der Waals surface area contributed by atoms with Crippen molar-refractivity contribution in [1.82, 2.24) is 0 Å². The molecule has 0 saturated heterocycles. The minimum Gasteiger partial charge on any atom is -0.507 e. The normalized spacial score (nSPS) is 16.7. The number of allylic oxidation sites excluding steroid dienone is 2. The van der Waals surface area contributed by atoms with Gasteiger partial charge in [-0.3, -0.25) is 4.79 Å². The standard InChI is InChI=1S/C44H60O4/c1-26(41(2,3)4)16-28-17-29-21-35(43(8,9)10)24-32(39(29)47)19-33-25-36(44(11,12)13)23-31(40(33)48)18-30-22-34(42(5,6)7)20-27(38(30)46)14-15-37(28)45/h16,20-26,46-48H,14-15,17-19H2,1-13H3/b28-16-. The highest BCUT2D eigenvalue weighted by Gasteiger charge is 2.27. The molecule has 1 atom stereocenters. The SMILES string of the molecule is CC(/C=C1/Cc2cc(C(C)(C)C)cc(c2O)Cc2cc(C(C)(C)C)cc(c2O)Cc2cc(C(C)(C)C)cc(c2O)CCC1=O)C(C)(C)C. The van der Waals surface area contributed by atoms with Crippen LogP contribution in [0.15, 0.2) is 48.0 Å². The van der Waals surface area contributed by atoms with E-state index in [1.807, 2.05) is 18.2 Å². The summed E-state index contributed by atoms with van der Waals surface area (Å²) in [5.41, 5.74) is 7.70. The van der Waals surface area contributed by atoms with Crippen molar-refractivity contribution in [3.05, 3.63) is 98.1 Å². The lowest BCUT2D eigenvalue weighted by Crippen LogP contribution is -2.18. The summed E-state index contributed by atoms with van der Waals surface area (Å²) < 4.78 is 0. The predicted molar refractivity (Wildman–Crippen MR) is 200 cm³/mol. The van der Waals surface area contributed by atoms with E-state index in [2.05, 4.69) is 114 Å². The highest BCUT2D eigenvalue weighted by Crippen LogP contribution is 2.41. The van der Waals surface area contributed by atoms with Gasteiger partial charge in [-0.05, 0) is 89.6 Å². The van der Waals surface area contributed by atoms with Crippen molar-refractivity contribution < 1.29 is 20.1 Å². The number of fused-ring (bicyclic) bond motifs is 6. The molecule has 1 aliphatic rings. The molecular formula is C44H60O4. The number of carbonyl (C=O) groups is 1. The van der Waals surface area contributed by atoms with Crippen molar-refractivity contribution in [1.29, 1.82) is 0 Å². The summed E-state index contributed by atoms with van der Waals surface area (Å²) in [5.74, 6) is 0.705. The number of hydrogen-bond acceptors (Lipinski definition) is 4. The molecule has 0 amide bonds. The maximum atomic E-state index is 14.2. The van der Waals surface area contributed by atoms with Crippen molar-refractivity contribution in [3.63, 3.8) is 0 Å². The molecule has 0 radical (unpaired) electrons. The third kappa shape index (κ3) is 8.36. The number of phenols is 3. The first-order chi connectivity index (χ1) is 21.9. The minimum atomic E-state index is -0.198. The molecule has 0 spiro atoms. The molecule has 4 nitrogen and oxygen atoms in total. The Morgan fingerprint density at radius 1 is 0.521 bits per heavy atom. The van der Waals surface area contributed by atoms with Crippen molar-refractivity contribution in [3.8, 4) is 17.2 Å². The average molecular weight is 653 g/mol. The van der Waals surface area contributed by atoms with Gasteiger partial charge in [0.15, 0.2) is 5.78 Å². The second kappa shape index (κ2) is 13.1. The predicted octanol–water partition coefficient (Wildman–Crippen LogP) is 10.5. The first kappa shape index (κ1) is 37.3. The first-order valence-corrected chi connectivity index (χ1v) is 17.7. The quantitative estimate of drug-likeness (QED) is 0.229. The molecule has 3 N–H and O–H groups in total. The number of phenolic OH excluding ortho intramolecular Hbond substituents is 3. The van der Waals surface area contributed by atoms with Crippen LogP contribution in [-0.2, 0) is 46.7 Å². The number of carbonyl (C=O) groups excluding carboxylic acids is 1. The van der Waals surface area contributed by atoms with Gasteiger partial charge in [-0.1, -0.05) is 132 Å². The summed E-state index contributed by atoms with van der Waals surface area (Å²) in [6.45, 7) is 28.1. The lowest BCUT2D eigenvalue weighted by Gasteiger charge is -2.27. The van der Waals surface area contributed by atoms with E-state index >= 15 is 0 Å². The molecule has 1 aliphatic carbocycles. The van der Waals surface area contributed by atoms with E-state index in [1.165, 1.54) is 0 Å². The Hall–Kier alpha value is -3.53. The maximum absolute atomic E-state index is 14.2. The van der Waals surface area contributed by atoms with Gasteiger partial charge in [-0.25, -0.2) is 0 Å². The zero-order valence-electron chi connectivity index (χ0n) is 31.9. The molecule has 3 aromatic rings. The molecule has 0 aliphatic heterocycles. The highest BCUT2D eigenvalue weighted by atomic mass is 16.3.